The molecule has 1 rings (SSSR count). The standard InChI is InChI=1S/C16H31NSi2/c1-16(2,3)15(13-18(4,5)6)17-19(7,8)14-11-9-10-12-14/h9,11-12H,10,13H2,1-8H3/b17-15-. The van der Waals surface area contributed by atoms with Crippen LogP contribution in [0, 0.1) is 5.41 Å². The fourth-order valence-corrected chi connectivity index (χ4v) is 6.42. The van der Waals surface area contributed by atoms with Gasteiger partial charge in [0.15, 0.2) is 0 Å². The van der Waals surface area contributed by atoms with Crippen LogP contribution < -0.4 is 0 Å². The van der Waals surface area contributed by atoms with Crippen molar-refractivity contribution in [2.24, 2.45) is 10.1 Å². The summed E-state index contributed by atoms with van der Waals surface area (Å²) in [6.45, 7) is 19.0. The predicted molar refractivity (Wildman–Crippen MR) is 94.4 cm³/mol. The number of hydrogen-bond acceptors (Lipinski definition) is 1. The van der Waals surface area contributed by atoms with Gasteiger partial charge in [-0.1, -0.05) is 58.6 Å². The monoisotopic (exact) mass is 293 g/mol. The van der Waals surface area contributed by atoms with Crippen LogP contribution in [-0.4, -0.2) is 22.0 Å². The third kappa shape index (κ3) is 5.23. The molecule has 0 aliphatic heterocycles. The third-order valence-corrected chi connectivity index (χ3v) is 7.46. The van der Waals surface area contributed by atoms with Gasteiger partial charge in [0, 0.05) is 5.71 Å². The molecule has 0 aromatic rings. The maximum absolute atomic E-state index is 5.32. The zero-order valence-corrected chi connectivity index (χ0v) is 16.1. The highest BCUT2D eigenvalue weighted by Gasteiger charge is 2.31. The lowest BCUT2D eigenvalue weighted by Crippen LogP contribution is -2.36. The number of allylic oxidation sites excluding steroid dienone is 4. The molecule has 0 N–H and O–H groups in total. The van der Waals surface area contributed by atoms with Gasteiger partial charge in [-0.05, 0) is 36.2 Å². The van der Waals surface area contributed by atoms with Crippen molar-refractivity contribution in [3.63, 3.8) is 0 Å². The second-order valence-electron chi connectivity index (χ2n) is 8.40. The highest BCUT2D eigenvalue weighted by Crippen LogP contribution is 2.29. The molecule has 0 spiro atoms. The molecular formula is C16H31NSi2. The van der Waals surface area contributed by atoms with Gasteiger partial charge in [-0.2, -0.15) is 0 Å². The van der Waals surface area contributed by atoms with E-state index >= 15 is 0 Å². The molecule has 0 amide bonds. The summed E-state index contributed by atoms with van der Waals surface area (Å²) in [5.41, 5.74) is 1.65. The molecule has 0 atom stereocenters. The molecule has 108 valence electrons. The van der Waals surface area contributed by atoms with Crippen LogP contribution in [0.1, 0.15) is 27.2 Å². The van der Waals surface area contributed by atoms with Crippen molar-refractivity contribution in [3.05, 3.63) is 23.4 Å². The molecule has 3 heteroatoms. The maximum Gasteiger partial charge on any atom is 0.205 e. The minimum atomic E-state index is -1.66. The molecular weight excluding hydrogens is 262 g/mol. The number of rotatable bonds is 4. The minimum Gasteiger partial charge on any atom is -0.324 e. The van der Waals surface area contributed by atoms with Crippen LogP contribution in [0.15, 0.2) is 28.1 Å². The first-order chi connectivity index (χ1) is 8.42. The third-order valence-electron chi connectivity index (χ3n) is 3.46. The van der Waals surface area contributed by atoms with Crippen LogP contribution in [-0.2, 0) is 0 Å². The lowest BCUT2D eigenvalue weighted by molar-refractivity contribution is 0.588. The largest absolute Gasteiger partial charge is 0.324 e. The zero-order valence-electron chi connectivity index (χ0n) is 14.1. The molecule has 0 saturated carbocycles. The van der Waals surface area contributed by atoms with E-state index in [9.17, 15) is 0 Å². The van der Waals surface area contributed by atoms with Gasteiger partial charge in [-0.25, -0.2) is 0 Å². The summed E-state index contributed by atoms with van der Waals surface area (Å²) in [4.78, 5) is 0. The molecule has 0 heterocycles. The maximum atomic E-state index is 5.32. The van der Waals surface area contributed by atoms with Crippen LogP contribution in [0.3, 0.4) is 0 Å². The van der Waals surface area contributed by atoms with Crippen molar-refractivity contribution in [1.82, 2.24) is 0 Å². The van der Waals surface area contributed by atoms with E-state index in [0.29, 0.717) is 0 Å². The highest BCUT2D eigenvalue weighted by atomic mass is 28.3. The molecule has 0 bridgehead atoms. The van der Waals surface area contributed by atoms with Gasteiger partial charge in [-0.3, -0.25) is 0 Å². The van der Waals surface area contributed by atoms with Crippen molar-refractivity contribution in [2.45, 2.75) is 66.0 Å². The van der Waals surface area contributed by atoms with E-state index in [2.05, 4.69) is 71.7 Å². The van der Waals surface area contributed by atoms with Crippen LogP contribution in [0.25, 0.3) is 0 Å². The predicted octanol–water partition coefficient (Wildman–Crippen LogP) is 5.44. The average Bonchev–Trinajstić information content (AvgIpc) is 2.65. The van der Waals surface area contributed by atoms with Crippen LogP contribution in [0.2, 0.25) is 38.8 Å². The van der Waals surface area contributed by atoms with E-state index in [1.165, 1.54) is 17.0 Å². The van der Waals surface area contributed by atoms with Crippen LogP contribution in [0.4, 0.5) is 0 Å². The Morgan fingerprint density at radius 2 is 1.74 bits per heavy atom. The molecule has 1 nitrogen and oxygen atoms in total. The van der Waals surface area contributed by atoms with Gasteiger partial charge in [0.25, 0.3) is 0 Å². The topological polar surface area (TPSA) is 12.4 Å². The Morgan fingerprint density at radius 1 is 1.16 bits per heavy atom. The fraction of sp³-hybridized carbons (Fsp3) is 0.688. The molecule has 0 radical (unpaired) electrons. The quantitative estimate of drug-likeness (QED) is 0.483. The molecule has 0 saturated heterocycles. The number of hydrogen-bond donors (Lipinski definition) is 0. The summed E-state index contributed by atoms with van der Waals surface area (Å²) < 4.78 is 5.32. The van der Waals surface area contributed by atoms with Crippen LogP contribution >= 0.6 is 0 Å². The molecule has 19 heavy (non-hydrogen) atoms. The van der Waals surface area contributed by atoms with Crippen LogP contribution in [0.5, 0.6) is 0 Å². The van der Waals surface area contributed by atoms with Gasteiger partial charge in [-0.15, -0.1) is 0 Å². The Bertz CT molecular complexity index is 415. The molecule has 0 aromatic heterocycles. The van der Waals surface area contributed by atoms with E-state index < -0.39 is 16.3 Å². The van der Waals surface area contributed by atoms with E-state index in [0.717, 1.165) is 6.42 Å². The summed E-state index contributed by atoms with van der Waals surface area (Å²) in [5, 5.41) is 1.50. The lowest BCUT2D eigenvalue weighted by Gasteiger charge is -2.31. The van der Waals surface area contributed by atoms with Gasteiger partial charge in [0.2, 0.25) is 8.24 Å². The lowest BCUT2D eigenvalue weighted by atomic mass is 9.91. The average molecular weight is 294 g/mol. The van der Waals surface area contributed by atoms with E-state index in [-0.39, 0.29) is 5.41 Å². The Labute approximate surface area is 122 Å². The Balaban J connectivity index is 3.10. The molecule has 0 unspecified atom stereocenters. The molecule has 0 aromatic carbocycles. The fourth-order valence-electron chi connectivity index (χ4n) is 2.29. The summed E-state index contributed by atoms with van der Waals surface area (Å²) in [6, 6.07) is 1.23. The summed E-state index contributed by atoms with van der Waals surface area (Å²) in [6.07, 6.45) is 8.02. The SMILES string of the molecule is CC(C)(C)/C(C[Si](C)(C)C)=N\[Si](C)(C)C1=CCC=C1. The van der Waals surface area contributed by atoms with Crippen molar-refractivity contribution in [2.75, 3.05) is 0 Å². The van der Waals surface area contributed by atoms with Crippen molar-refractivity contribution in [3.8, 4) is 0 Å². The Hall–Kier alpha value is -0.416. The summed E-state index contributed by atoms with van der Waals surface area (Å²) >= 11 is 0. The molecule has 1 aliphatic rings. The Kier molecular flexibility index (Phi) is 4.84. The smallest absolute Gasteiger partial charge is 0.205 e. The molecule has 1 aliphatic carbocycles. The van der Waals surface area contributed by atoms with E-state index in [1.54, 1.807) is 0 Å². The minimum absolute atomic E-state index is 0.202. The first kappa shape index (κ1) is 16.6. The molecule has 0 fully saturated rings. The summed E-state index contributed by atoms with van der Waals surface area (Å²) in [5.74, 6) is 0. The first-order valence-corrected chi connectivity index (χ1v) is 14.0. The van der Waals surface area contributed by atoms with Gasteiger partial charge >= 0.3 is 0 Å². The van der Waals surface area contributed by atoms with Gasteiger partial charge in [0.05, 0.1) is 8.07 Å². The van der Waals surface area contributed by atoms with Gasteiger partial charge < -0.3 is 4.66 Å². The first-order valence-electron chi connectivity index (χ1n) is 7.38. The highest BCUT2D eigenvalue weighted by molar-refractivity contribution is 6.85. The number of nitrogens with zero attached hydrogens (tertiary/aromatic N) is 1. The van der Waals surface area contributed by atoms with Crippen molar-refractivity contribution < 1.29 is 0 Å². The Morgan fingerprint density at radius 3 is 2.11 bits per heavy atom. The zero-order chi connectivity index (χ0) is 14.9. The summed E-state index contributed by atoms with van der Waals surface area (Å²) in [7, 11) is -2.77. The second kappa shape index (κ2) is 5.53. The van der Waals surface area contributed by atoms with Crippen molar-refractivity contribution in [1.29, 1.82) is 0 Å². The normalized spacial score (nSPS) is 17.9. The van der Waals surface area contributed by atoms with Gasteiger partial charge in [0.1, 0.15) is 0 Å². The second-order valence-corrected chi connectivity index (χ2v) is 17.8. The van der Waals surface area contributed by atoms with E-state index in [4.69, 9.17) is 4.66 Å². The van der Waals surface area contributed by atoms with Crippen molar-refractivity contribution >= 4 is 22.0 Å². The van der Waals surface area contributed by atoms with E-state index in [1.807, 2.05) is 0 Å².